The third-order valence-corrected chi connectivity index (χ3v) is 4.18. The summed E-state index contributed by atoms with van der Waals surface area (Å²) in [6.07, 6.45) is 3.18. The fourth-order valence-corrected chi connectivity index (χ4v) is 2.90. The fraction of sp³-hybridized carbons (Fsp3) is 0.600. The Bertz CT molecular complexity index is 560. The Labute approximate surface area is 123 Å². The summed E-state index contributed by atoms with van der Waals surface area (Å²) in [6.45, 7) is 5.26. The molecule has 1 amide bonds. The van der Waals surface area contributed by atoms with E-state index in [1.807, 2.05) is 6.92 Å². The highest BCUT2D eigenvalue weighted by molar-refractivity contribution is 5.98. The quantitative estimate of drug-likeness (QED) is 0.829. The number of carbonyl (C=O) groups excluding carboxylic acids is 1. The SMILES string of the molecule is CCc1oc(C(=O)N2C[C@H]2C(=O)O)cc1CN1CCCC1. The standard InChI is InChI=1S/C15H20N2O4/c1-2-12-10(8-16-5-3-4-6-16)7-13(21-12)14(18)17-9-11(17)15(19)20/h7,11H,2-6,8-9H2,1H3,(H,19,20)/t11-,17?/m0/s1. The molecule has 0 unspecified atom stereocenters. The normalized spacial score (nSPS) is 21.8. The Morgan fingerprint density at radius 2 is 2.10 bits per heavy atom. The van der Waals surface area contributed by atoms with Crippen LogP contribution in [-0.2, 0) is 17.8 Å². The third-order valence-electron chi connectivity index (χ3n) is 4.18. The van der Waals surface area contributed by atoms with Crippen molar-refractivity contribution in [3.05, 3.63) is 23.2 Å². The van der Waals surface area contributed by atoms with E-state index in [2.05, 4.69) is 4.90 Å². The van der Waals surface area contributed by atoms with Crippen LogP contribution in [0.1, 0.15) is 41.6 Å². The van der Waals surface area contributed by atoms with Crippen LogP contribution in [0.5, 0.6) is 0 Å². The number of furan rings is 1. The van der Waals surface area contributed by atoms with E-state index in [9.17, 15) is 9.59 Å². The molecular weight excluding hydrogens is 272 g/mol. The summed E-state index contributed by atoms with van der Waals surface area (Å²) < 4.78 is 5.65. The maximum atomic E-state index is 12.2. The molecule has 1 atom stereocenters. The summed E-state index contributed by atoms with van der Waals surface area (Å²) in [4.78, 5) is 26.7. The number of hydrogen-bond donors (Lipinski definition) is 1. The van der Waals surface area contributed by atoms with Gasteiger partial charge in [0.25, 0.3) is 5.91 Å². The van der Waals surface area contributed by atoms with Gasteiger partial charge in [-0.25, -0.2) is 4.79 Å². The average molecular weight is 292 g/mol. The molecule has 2 fully saturated rings. The van der Waals surface area contributed by atoms with Crippen LogP contribution in [0, 0.1) is 0 Å². The number of hydrogen-bond acceptors (Lipinski definition) is 4. The summed E-state index contributed by atoms with van der Waals surface area (Å²) in [5.74, 6) is -0.170. The molecule has 1 aromatic rings. The van der Waals surface area contributed by atoms with Gasteiger partial charge in [-0.2, -0.15) is 0 Å². The number of rotatable bonds is 5. The van der Waals surface area contributed by atoms with E-state index in [4.69, 9.17) is 9.52 Å². The maximum absolute atomic E-state index is 12.2. The zero-order valence-corrected chi connectivity index (χ0v) is 12.2. The molecule has 0 radical (unpaired) electrons. The van der Waals surface area contributed by atoms with Gasteiger partial charge in [-0.1, -0.05) is 6.92 Å². The molecule has 3 heterocycles. The first-order chi connectivity index (χ1) is 10.1. The van der Waals surface area contributed by atoms with Gasteiger partial charge < -0.3 is 14.4 Å². The number of carboxylic acid groups (broad SMARTS) is 1. The van der Waals surface area contributed by atoms with Gasteiger partial charge in [0.2, 0.25) is 0 Å². The number of carboxylic acids is 1. The zero-order valence-electron chi connectivity index (χ0n) is 12.2. The second-order valence-electron chi connectivity index (χ2n) is 5.71. The summed E-state index contributed by atoms with van der Waals surface area (Å²) in [5, 5.41) is 8.88. The molecule has 0 saturated carbocycles. The van der Waals surface area contributed by atoms with E-state index >= 15 is 0 Å². The highest BCUT2D eigenvalue weighted by atomic mass is 16.4. The van der Waals surface area contributed by atoms with E-state index in [1.54, 1.807) is 6.07 Å². The van der Waals surface area contributed by atoms with Gasteiger partial charge in [0, 0.05) is 18.5 Å². The Hall–Kier alpha value is -1.82. The van der Waals surface area contributed by atoms with E-state index < -0.39 is 12.0 Å². The van der Waals surface area contributed by atoms with Crippen LogP contribution in [0.4, 0.5) is 0 Å². The van der Waals surface area contributed by atoms with Crippen molar-refractivity contribution in [1.29, 1.82) is 0 Å². The van der Waals surface area contributed by atoms with Gasteiger partial charge in [-0.05, 0) is 32.0 Å². The predicted octanol–water partition coefficient (Wildman–Crippen LogP) is 1.35. The summed E-state index contributed by atoms with van der Waals surface area (Å²) in [5.41, 5.74) is 1.05. The molecule has 6 heteroatoms. The Kier molecular flexibility index (Phi) is 3.71. The molecule has 0 aliphatic carbocycles. The minimum absolute atomic E-state index is 0.268. The summed E-state index contributed by atoms with van der Waals surface area (Å²) in [6, 6.07) is 1.10. The van der Waals surface area contributed by atoms with E-state index in [0.717, 1.165) is 37.4 Å². The number of carbonyl (C=O) groups is 2. The average Bonchev–Trinajstić information content (AvgIpc) is 2.92. The van der Waals surface area contributed by atoms with Gasteiger partial charge in [-0.3, -0.25) is 9.69 Å². The number of likely N-dealkylation sites (tertiary alicyclic amines) is 1. The first kappa shape index (κ1) is 14.1. The topological polar surface area (TPSA) is 73.8 Å². The van der Waals surface area contributed by atoms with Gasteiger partial charge in [0.15, 0.2) is 5.76 Å². The number of aliphatic carboxylic acids is 1. The minimum atomic E-state index is -0.956. The second kappa shape index (κ2) is 5.52. The van der Waals surface area contributed by atoms with E-state index in [-0.39, 0.29) is 18.2 Å². The van der Waals surface area contributed by atoms with Crippen molar-refractivity contribution < 1.29 is 19.1 Å². The molecule has 1 N–H and O–H groups in total. The monoisotopic (exact) mass is 292 g/mol. The molecule has 1 aromatic heterocycles. The summed E-state index contributed by atoms with van der Waals surface area (Å²) >= 11 is 0. The van der Waals surface area contributed by atoms with Gasteiger partial charge in [0.1, 0.15) is 11.8 Å². The van der Waals surface area contributed by atoms with Crippen LogP contribution in [0.25, 0.3) is 0 Å². The molecule has 21 heavy (non-hydrogen) atoms. The van der Waals surface area contributed by atoms with Crippen molar-refractivity contribution in [2.45, 2.75) is 38.8 Å². The van der Waals surface area contributed by atoms with Gasteiger partial charge >= 0.3 is 5.97 Å². The van der Waals surface area contributed by atoms with Crippen LogP contribution in [-0.4, -0.2) is 52.5 Å². The third kappa shape index (κ3) is 2.81. The number of nitrogens with zero attached hydrogens (tertiary/aromatic N) is 2. The van der Waals surface area contributed by atoms with Gasteiger partial charge in [0.05, 0.1) is 6.54 Å². The Morgan fingerprint density at radius 3 is 2.67 bits per heavy atom. The van der Waals surface area contributed by atoms with Crippen molar-refractivity contribution in [3.8, 4) is 0 Å². The smallest absolute Gasteiger partial charge is 0.328 e. The van der Waals surface area contributed by atoms with Crippen LogP contribution < -0.4 is 0 Å². The van der Waals surface area contributed by atoms with Crippen molar-refractivity contribution >= 4 is 11.9 Å². The van der Waals surface area contributed by atoms with E-state index in [1.165, 1.54) is 17.7 Å². The minimum Gasteiger partial charge on any atom is -0.480 e. The fourth-order valence-electron chi connectivity index (χ4n) is 2.90. The zero-order chi connectivity index (χ0) is 15.0. The number of amides is 1. The lowest BCUT2D eigenvalue weighted by molar-refractivity contribution is -0.137. The molecule has 0 aromatic carbocycles. The van der Waals surface area contributed by atoms with Crippen LogP contribution in [0.15, 0.2) is 10.5 Å². The highest BCUT2D eigenvalue weighted by Crippen LogP contribution is 2.26. The molecule has 6 nitrogen and oxygen atoms in total. The number of aryl methyl sites for hydroxylation is 1. The Balaban J connectivity index is 1.73. The van der Waals surface area contributed by atoms with Crippen molar-refractivity contribution in [2.75, 3.05) is 19.6 Å². The maximum Gasteiger partial charge on any atom is 0.328 e. The van der Waals surface area contributed by atoms with Gasteiger partial charge in [-0.15, -0.1) is 0 Å². The van der Waals surface area contributed by atoms with Crippen LogP contribution >= 0.6 is 0 Å². The van der Waals surface area contributed by atoms with Crippen molar-refractivity contribution in [2.24, 2.45) is 0 Å². The second-order valence-corrected chi connectivity index (χ2v) is 5.71. The molecule has 0 spiro atoms. The lowest BCUT2D eigenvalue weighted by Crippen LogP contribution is -2.19. The summed E-state index contributed by atoms with van der Waals surface area (Å²) in [7, 11) is 0. The first-order valence-corrected chi connectivity index (χ1v) is 7.48. The molecule has 2 saturated heterocycles. The van der Waals surface area contributed by atoms with Crippen molar-refractivity contribution in [3.63, 3.8) is 0 Å². The predicted molar refractivity (Wildman–Crippen MR) is 75.1 cm³/mol. The highest BCUT2D eigenvalue weighted by Gasteiger charge is 2.45. The molecular formula is C15H20N2O4. The van der Waals surface area contributed by atoms with Crippen LogP contribution in [0.2, 0.25) is 0 Å². The van der Waals surface area contributed by atoms with E-state index in [0.29, 0.717) is 0 Å². The Morgan fingerprint density at radius 1 is 1.38 bits per heavy atom. The first-order valence-electron chi connectivity index (χ1n) is 7.48. The lowest BCUT2D eigenvalue weighted by atomic mass is 10.2. The molecule has 3 rings (SSSR count). The molecule has 0 bridgehead atoms. The largest absolute Gasteiger partial charge is 0.480 e. The lowest BCUT2D eigenvalue weighted by Gasteiger charge is -2.13. The van der Waals surface area contributed by atoms with Crippen molar-refractivity contribution in [1.82, 2.24) is 9.80 Å². The molecule has 2 aliphatic rings. The van der Waals surface area contributed by atoms with Crippen LogP contribution in [0.3, 0.4) is 0 Å². The molecule has 114 valence electrons. The molecule has 2 aliphatic heterocycles.